The third-order valence-corrected chi connectivity index (χ3v) is 10.7. The fourth-order valence-electron chi connectivity index (χ4n) is 6.63. The molecule has 0 saturated heterocycles. The topological polar surface area (TPSA) is 143 Å². The minimum Gasteiger partial charge on any atom is -0.493 e. The highest BCUT2D eigenvalue weighted by atomic mass is 32.1. The average molecular weight is 779 g/mol. The minimum atomic E-state index is -0.346. The number of carbonyl (C=O) groups excluding carboxylic acids is 4. The lowest BCUT2D eigenvalue weighted by molar-refractivity contribution is -0.116. The third kappa shape index (κ3) is 8.55. The number of nitrogens with one attached hydrogen (secondary N) is 3. The molecular weight excluding hydrogens is 737 g/mol. The van der Waals surface area contributed by atoms with Gasteiger partial charge in [-0.05, 0) is 79.6 Å². The standard InChI is InChI=1S/C41H42N6O6S2/c1-41(2,54)23-43-39(50)36-16-26-14-27(11-12-35(26)55-36)45-38(49)32-17-28(22-46(32)3)44-37(48)10-7-13-53-34-19-31-30(18-33(34)52-4)40(51)47-21-25-9-6-5-8-24(25)15-29(47)20-42-31/h5-6,8-9,11-12,14,16-20,22,29,54H,7,10,13,15,21,23H2,1-4H3,(H,43,50)(H,44,48)(H,45,49)/t29-/m0/s1. The first-order chi connectivity index (χ1) is 26.3. The highest BCUT2D eigenvalue weighted by Gasteiger charge is 2.33. The maximum Gasteiger partial charge on any atom is 0.272 e. The Morgan fingerprint density at radius 3 is 2.56 bits per heavy atom. The van der Waals surface area contributed by atoms with E-state index >= 15 is 0 Å². The molecule has 0 fully saturated rings. The number of aliphatic imine (C=N–C) groups is 1. The van der Waals surface area contributed by atoms with Gasteiger partial charge >= 0.3 is 0 Å². The van der Waals surface area contributed by atoms with E-state index < -0.39 is 0 Å². The molecule has 3 N–H and O–H groups in total. The number of hydrogen-bond donors (Lipinski definition) is 4. The van der Waals surface area contributed by atoms with Crippen LogP contribution in [-0.2, 0) is 24.8 Å². The molecular formula is C41H42N6O6S2. The van der Waals surface area contributed by atoms with Gasteiger partial charge in [0, 0.05) is 60.2 Å². The van der Waals surface area contributed by atoms with E-state index in [1.165, 1.54) is 24.0 Å². The van der Waals surface area contributed by atoms with Gasteiger partial charge in [0.1, 0.15) is 5.69 Å². The molecule has 55 heavy (non-hydrogen) atoms. The van der Waals surface area contributed by atoms with Crippen LogP contribution < -0.4 is 25.4 Å². The molecule has 1 atom stereocenters. The molecule has 5 aromatic rings. The Hall–Kier alpha value is -5.60. The summed E-state index contributed by atoms with van der Waals surface area (Å²) in [5.41, 5.74) is 4.74. The number of ether oxygens (including phenoxy) is 2. The van der Waals surface area contributed by atoms with E-state index in [1.54, 1.807) is 42.1 Å². The van der Waals surface area contributed by atoms with Crippen molar-refractivity contribution in [3.05, 3.63) is 100 Å². The predicted octanol–water partition coefficient (Wildman–Crippen LogP) is 7.02. The summed E-state index contributed by atoms with van der Waals surface area (Å²) in [6, 6.07) is 20.3. The minimum absolute atomic E-state index is 0.111. The van der Waals surface area contributed by atoms with Crippen molar-refractivity contribution in [3.8, 4) is 11.5 Å². The van der Waals surface area contributed by atoms with E-state index in [-0.39, 0.29) is 47.4 Å². The van der Waals surface area contributed by atoms with Gasteiger partial charge in [0.15, 0.2) is 11.5 Å². The molecule has 2 aromatic heterocycles. The zero-order valence-electron chi connectivity index (χ0n) is 31.0. The fraction of sp³-hybridized carbons (Fsp3) is 0.293. The lowest BCUT2D eigenvalue weighted by Gasteiger charge is -2.34. The number of aromatic nitrogens is 1. The molecule has 4 amide bonds. The second-order valence-electron chi connectivity index (χ2n) is 14.3. The number of rotatable bonds is 12. The number of nitrogens with zero attached hydrogens (tertiary/aromatic N) is 3. The van der Waals surface area contributed by atoms with E-state index in [0.29, 0.717) is 70.6 Å². The molecule has 2 aliphatic rings. The molecule has 7 rings (SSSR count). The number of fused-ring (bicyclic) bond motifs is 4. The number of thiol groups is 1. The highest BCUT2D eigenvalue weighted by Crippen LogP contribution is 2.38. The van der Waals surface area contributed by atoms with Crippen LogP contribution in [0.4, 0.5) is 17.1 Å². The van der Waals surface area contributed by atoms with Crippen molar-refractivity contribution >= 4 is 81.0 Å². The number of amides is 4. The molecule has 3 aromatic carbocycles. The Kier molecular flexibility index (Phi) is 10.7. The van der Waals surface area contributed by atoms with Crippen molar-refractivity contribution in [1.29, 1.82) is 0 Å². The van der Waals surface area contributed by atoms with Crippen molar-refractivity contribution in [2.24, 2.45) is 12.0 Å². The van der Waals surface area contributed by atoms with Crippen molar-refractivity contribution in [3.63, 3.8) is 0 Å². The molecule has 14 heteroatoms. The molecule has 0 spiro atoms. The Bertz CT molecular complexity index is 2340. The fourth-order valence-corrected chi connectivity index (χ4v) is 7.67. The van der Waals surface area contributed by atoms with Gasteiger partial charge < -0.3 is 34.9 Å². The van der Waals surface area contributed by atoms with Gasteiger partial charge in [0.25, 0.3) is 17.7 Å². The van der Waals surface area contributed by atoms with E-state index in [0.717, 1.165) is 15.6 Å². The van der Waals surface area contributed by atoms with Crippen molar-refractivity contribution in [2.45, 2.75) is 50.4 Å². The van der Waals surface area contributed by atoms with Crippen molar-refractivity contribution in [1.82, 2.24) is 14.8 Å². The average Bonchev–Trinajstić information content (AvgIpc) is 3.72. The van der Waals surface area contributed by atoms with Gasteiger partial charge in [-0.3, -0.25) is 24.2 Å². The molecule has 0 bridgehead atoms. The van der Waals surface area contributed by atoms with Gasteiger partial charge in [-0.2, -0.15) is 12.6 Å². The van der Waals surface area contributed by atoms with E-state index in [4.69, 9.17) is 9.47 Å². The van der Waals surface area contributed by atoms with Gasteiger partial charge in [0.05, 0.1) is 41.6 Å². The summed E-state index contributed by atoms with van der Waals surface area (Å²) in [6.07, 6.45) is 4.78. The normalized spacial score (nSPS) is 14.7. The van der Waals surface area contributed by atoms with Gasteiger partial charge in [-0.25, -0.2) is 0 Å². The first-order valence-corrected chi connectivity index (χ1v) is 19.2. The van der Waals surface area contributed by atoms with E-state index in [1.807, 2.05) is 55.3 Å². The SMILES string of the molecule is COc1cc2c(cc1OCCCC(=O)Nc1cc(C(=O)Nc3ccc4sc(C(=O)NCC(C)(C)S)cc4c3)n(C)c1)N=C[C@@H]1Cc3ccccc3CN1C2=O. The summed E-state index contributed by atoms with van der Waals surface area (Å²) in [7, 11) is 3.25. The van der Waals surface area contributed by atoms with Gasteiger partial charge in [-0.1, -0.05) is 24.3 Å². The molecule has 0 radical (unpaired) electrons. The third-order valence-electron chi connectivity index (χ3n) is 9.45. The summed E-state index contributed by atoms with van der Waals surface area (Å²) < 4.78 is 13.9. The van der Waals surface area contributed by atoms with Crippen molar-refractivity contribution < 1.29 is 28.7 Å². The summed E-state index contributed by atoms with van der Waals surface area (Å²) in [5.74, 6) is -0.00674. The van der Waals surface area contributed by atoms with Crippen LogP contribution in [0, 0.1) is 0 Å². The molecule has 0 aliphatic carbocycles. The Morgan fingerprint density at radius 1 is 0.982 bits per heavy atom. The largest absolute Gasteiger partial charge is 0.493 e. The van der Waals surface area contributed by atoms with Crippen LogP contribution in [0.5, 0.6) is 11.5 Å². The van der Waals surface area contributed by atoms with Crippen LogP contribution >= 0.6 is 24.0 Å². The Balaban J connectivity index is 0.918. The number of aryl methyl sites for hydroxylation is 1. The van der Waals surface area contributed by atoms with Crippen LogP contribution in [0.3, 0.4) is 0 Å². The predicted molar refractivity (Wildman–Crippen MR) is 219 cm³/mol. The van der Waals surface area contributed by atoms with Crippen LogP contribution in [-0.4, -0.2) is 70.4 Å². The van der Waals surface area contributed by atoms with E-state index in [9.17, 15) is 19.2 Å². The second kappa shape index (κ2) is 15.6. The lowest BCUT2D eigenvalue weighted by Crippen LogP contribution is -2.44. The summed E-state index contributed by atoms with van der Waals surface area (Å²) in [6.45, 7) is 5.02. The zero-order chi connectivity index (χ0) is 38.9. The monoisotopic (exact) mass is 778 g/mol. The number of hydrogen-bond acceptors (Lipinski definition) is 9. The first-order valence-electron chi connectivity index (χ1n) is 17.9. The molecule has 0 saturated carbocycles. The smallest absolute Gasteiger partial charge is 0.272 e. The molecule has 2 aliphatic heterocycles. The lowest BCUT2D eigenvalue weighted by atomic mass is 9.94. The van der Waals surface area contributed by atoms with Crippen LogP contribution in [0.15, 0.2) is 77.9 Å². The molecule has 284 valence electrons. The number of thiophene rings is 1. The number of anilines is 2. The summed E-state index contributed by atoms with van der Waals surface area (Å²) in [5, 5.41) is 9.52. The second-order valence-corrected chi connectivity index (χ2v) is 16.6. The molecule has 4 heterocycles. The maximum absolute atomic E-state index is 13.7. The van der Waals surface area contributed by atoms with E-state index in [2.05, 4.69) is 45.7 Å². The van der Waals surface area contributed by atoms with Crippen LogP contribution in [0.25, 0.3) is 10.1 Å². The number of carbonyl (C=O) groups is 4. The molecule has 12 nitrogen and oxygen atoms in total. The Labute approximate surface area is 328 Å². The highest BCUT2D eigenvalue weighted by molar-refractivity contribution is 7.81. The van der Waals surface area contributed by atoms with Gasteiger partial charge in [-0.15, -0.1) is 11.3 Å². The maximum atomic E-state index is 13.7. The quantitative estimate of drug-likeness (QED) is 0.0793. The first kappa shape index (κ1) is 37.7. The summed E-state index contributed by atoms with van der Waals surface area (Å²) in [4.78, 5) is 59.5. The van der Waals surface area contributed by atoms with Crippen LogP contribution in [0.2, 0.25) is 0 Å². The molecule has 0 unspecified atom stereocenters. The summed E-state index contributed by atoms with van der Waals surface area (Å²) >= 11 is 5.84. The van der Waals surface area contributed by atoms with Gasteiger partial charge in [0.2, 0.25) is 5.91 Å². The van der Waals surface area contributed by atoms with Crippen molar-refractivity contribution in [2.75, 3.05) is 30.9 Å². The number of methoxy groups -OCH3 is 1. The Morgan fingerprint density at radius 2 is 1.78 bits per heavy atom. The zero-order valence-corrected chi connectivity index (χ0v) is 32.7. The van der Waals surface area contributed by atoms with Crippen LogP contribution in [0.1, 0.15) is 68.3 Å². The number of benzene rings is 3.